The number of carbonyl (C=O) groups is 2. The Balaban J connectivity index is 1.30. The van der Waals surface area contributed by atoms with Crippen molar-refractivity contribution in [3.63, 3.8) is 0 Å². The molecule has 1 amide bonds. The molecule has 0 saturated carbocycles. The normalized spacial score (nSPS) is 17.2. The van der Waals surface area contributed by atoms with Crippen molar-refractivity contribution in [2.24, 2.45) is 0 Å². The van der Waals surface area contributed by atoms with E-state index in [1.807, 2.05) is 6.07 Å². The molecule has 2 N–H and O–H groups in total. The number of ether oxygens (including phenoxy) is 1. The number of hydrogen-bond acceptors (Lipinski definition) is 6. The Kier molecular flexibility index (Phi) is 7.67. The Hall–Kier alpha value is -4.43. The monoisotopic (exact) mass is 644 g/mol. The van der Waals surface area contributed by atoms with Gasteiger partial charge in [0.05, 0.1) is 12.4 Å². The van der Waals surface area contributed by atoms with E-state index in [0.29, 0.717) is 17.7 Å². The average molecular weight is 645 g/mol. The molecule has 248 valence electrons. The number of nitrogens with one attached hydrogen (secondary N) is 2. The molecule has 2 aromatic carbocycles. The van der Waals surface area contributed by atoms with Crippen molar-refractivity contribution in [2.75, 3.05) is 31.1 Å². The summed E-state index contributed by atoms with van der Waals surface area (Å²) >= 11 is 0. The fraction of sp³-hybridized carbons (Fsp3) is 0.425. The van der Waals surface area contributed by atoms with E-state index in [4.69, 9.17) is 4.74 Å². The highest BCUT2D eigenvalue weighted by atomic mass is 16.5. The molecule has 0 saturated heterocycles. The first-order chi connectivity index (χ1) is 23.2. The van der Waals surface area contributed by atoms with Gasteiger partial charge in [-0.05, 0) is 95.2 Å². The zero-order chi connectivity index (χ0) is 33.2. The summed E-state index contributed by atoms with van der Waals surface area (Å²) in [7, 11) is 0. The molecule has 8 heteroatoms. The number of allylic oxidation sites excluding steroid dienone is 2. The van der Waals surface area contributed by atoms with Crippen LogP contribution < -0.4 is 34.8 Å². The molecule has 8 rings (SSSR count). The molecule has 5 aliphatic rings. The molecule has 6 heterocycles. The van der Waals surface area contributed by atoms with E-state index in [1.54, 1.807) is 6.07 Å². The molecular formula is C40H44N4O4. The first-order valence-corrected chi connectivity index (χ1v) is 17.7. The van der Waals surface area contributed by atoms with Crippen LogP contribution in [0.5, 0.6) is 11.5 Å². The largest absolute Gasteiger partial charge is 0.545 e. The number of pyridine rings is 1. The predicted octanol–water partition coefficient (Wildman–Crippen LogP) is 3.73. The molecule has 8 nitrogen and oxygen atoms in total. The van der Waals surface area contributed by atoms with Gasteiger partial charge in [-0.15, -0.1) is 0 Å². The van der Waals surface area contributed by atoms with Crippen molar-refractivity contribution in [1.29, 1.82) is 0 Å². The van der Waals surface area contributed by atoms with Crippen molar-refractivity contribution in [2.45, 2.75) is 84.1 Å². The van der Waals surface area contributed by atoms with E-state index in [2.05, 4.69) is 64.8 Å². The number of carbonyl (C=O) groups excluding carboxylic acids is 2. The zero-order valence-electron chi connectivity index (χ0n) is 28.3. The van der Waals surface area contributed by atoms with E-state index in [9.17, 15) is 14.7 Å². The lowest BCUT2D eigenvalue weighted by Crippen LogP contribution is -2.41. The van der Waals surface area contributed by atoms with Crippen molar-refractivity contribution >= 4 is 23.1 Å². The fourth-order valence-corrected chi connectivity index (χ4v) is 8.38. The van der Waals surface area contributed by atoms with Crippen LogP contribution in [-0.2, 0) is 25.7 Å². The number of carboxylic acid groups (broad SMARTS) is 1. The molecule has 48 heavy (non-hydrogen) atoms. The van der Waals surface area contributed by atoms with Gasteiger partial charge >= 0.3 is 0 Å². The first-order valence-electron chi connectivity index (χ1n) is 17.7. The number of hydrogen-bond donors (Lipinski definition) is 2. The average Bonchev–Trinajstić information content (AvgIpc) is 3.07. The third kappa shape index (κ3) is 5.30. The van der Waals surface area contributed by atoms with Gasteiger partial charge in [-0.3, -0.25) is 4.79 Å². The highest BCUT2D eigenvalue weighted by Crippen LogP contribution is 2.48. The number of benzene rings is 2. The SMILES string of the molecule is CC(C)(C)NCCCNC(=O)c1ccc(C2=c3cc4[n+]5c(c3Oc3c2cc2c6c3CCCN6CCC2)CCCC=5C=CC4)c(C(=O)[O-])c1. The molecule has 0 fully saturated rings. The Morgan fingerprint density at radius 1 is 0.958 bits per heavy atom. The van der Waals surface area contributed by atoms with Gasteiger partial charge in [-0.1, -0.05) is 12.1 Å². The summed E-state index contributed by atoms with van der Waals surface area (Å²) in [6.45, 7) is 9.69. The van der Waals surface area contributed by atoms with Gasteiger partial charge in [0.2, 0.25) is 11.4 Å². The molecule has 5 aliphatic heterocycles. The Morgan fingerprint density at radius 3 is 2.60 bits per heavy atom. The van der Waals surface area contributed by atoms with Crippen LogP contribution in [0.1, 0.15) is 107 Å². The lowest BCUT2D eigenvalue weighted by atomic mass is 9.82. The third-order valence-electron chi connectivity index (χ3n) is 10.4. The van der Waals surface area contributed by atoms with E-state index in [0.717, 1.165) is 111 Å². The lowest BCUT2D eigenvalue weighted by molar-refractivity contribution is -0.546. The van der Waals surface area contributed by atoms with Gasteiger partial charge in [0.25, 0.3) is 5.91 Å². The van der Waals surface area contributed by atoms with Crippen molar-refractivity contribution < 1.29 is 23.7 Å². The van der Waals surface area contributed by atoms with E-state index >= 15 is 0 Å². The van der Waals surface area contributed by atoms with Crippen molar-refractivity contribution in [3.8, 4) is 11.5 Å². The summed E-state index contributed by atoms with van der Waals surface area (Å²) in [4.78, 5) is 28.7. The van der Waals surface area contributed by atoms with Crippen LogP contribution in [0, 0.1) is 5.71 Å². The smallest absolute Gasteiger partial charge is 0.251 e. The topological polar surface area (TPSA) is 99.6 Å². The van der Waals surface area contributed by atoms with Crippen LogP contribution in [0.25, 0.3) is 5.57 Å². The number of amides is 1. The van der Waals surface area contributed by atoms with Crippen LogP contribution in [0.15, 0.2) is 42.5 Å². The third-order valence-corrected chi connectivity index (χ3v) is 10.4. The number of aryl methyl sites for hydroxylation is 1. The zero-order valence-corrected chi connectivity index (χ0v) is 28.3. The quantitative estimate of drug-likeness (QED) is 0.235. The fourth-order valence-electron chi connectivity index (χ4n) is 8.38. The van der Waals surface area contributed by atoms with Gasteiger partial charge in [0, 0.05) is 88.9 Å². The molecule has 0 aliphatic carbocycles. The Morgan fingerprint density at radius 2 is 1.79 bits per heavy atom. The minimum atomic E-state index is -1.30. The molecular weight excluding hydrogens is 600 g/mol. The molecule has 3 aromatic rings. The Bertz CT molecular complexity index is 2040. The minimum Gasteiger partial charge on any atom is -0.545 e. The second kappa shape index (κ2) is 11.9. The van der Waals surface area contributed by atoms with Crippen LogP contribution in [-0.4, -0.2) is 43.6 Å². The number of nitrogens with zero attached hydrogens (tertiary/aromatic N) is 2. The van der Waals surface area contributed by atoms with Gasteiger partial charge in [0.1, 0.15) is 5.75 Å². The highest BCUT2D eigenvalue weighted by molar-refractivity contribution is 6.02. The standard InChI is InChI=1S/C40H44N4O4/c1-40(2,3)42-18-8-17-41-38(45)25-15-16-28(30(22-25)39(46)47)34-31-21-24-9-6-19-43-20-7-13-29(35(24)43)36(31)48-37-32(34)23-27-12-4-10-26-11-5-14-33(37)44(26)27/h4,10,15-16,21-23,42H,5-9,11-14,17-20H2,1-3H3,(H-,41,45,46,47). The van der Waals surface area contributed by atoms with Crippen LogP contribution in [0.4, 0.5) is 5.69 Å². The number of aromatic carboxylic acids is 1. The van der Waals surface area contributed by atoms with Crippen molar-refractivity contribution in [1.82, 2.24) is 10.6 Å². The minimum absolute atomic E-state index is 0.00563. The molecule has 0 spiro atoms. The summed E-state index contributed by atoms with van der Waals surface area (Å²) in [5.41, 5.74) is 10.2. The Labute approximate surface area is 281 Å². The second-order valence-corrected chi connectivity index (χ2v) is 14.9. The number of anilines is 1. The molecule has 1 aromatic heterocycles. The van der Waals surface area contributed by atoms with E-state index in [1.165, 1.54) is 34.3 Å². The van der Waals surface area contributed by atoms with Gasteiger partial charge in [-0.2, -0.15) is 4.24 Å². The molecule has 0 radical (unpaired) electrons. The van der Waals surface area contributed by atoms with Crippen molar-refractivity contribution in [3.05, 3.63) is 98.2 Å². The summed E-state index contributed by atoms with van der Waals surface area (Å²) in [5.74, 6) is 0.0933. The number of carboxylic acids is 1. The maximum atomic E-state index is 13.2. The number of rotatable bonds is 7. The number of aromatic nitrogens is 1. The van der Waals surface area contributed by atoms with Crippen LogP contribution in [0.2, 0.25) is 0 Å². The maximum absolute atomic E-state index is 13.2. The molecule has 0 atom stereocenters. The lowest BCUT2D eigenvalue weighted by Gasteiger charge is -2.39. The van der Waals surface area contributed by atoms with Gasteiger partial charge in [-0.25, -0.2) is 0 Å². The van der Waals surface area contributed by atoms with Gasteiger partial charge in [0.15, 0.2) is 11.4 Å². The highest BCUT2D eigenvalue weighted by Gasteiger charge is 2.37. The number of fused-ring (bicyclic) bond motifs is 4. The summed E-state index contributed by atoms with van der Waals surface area (Å²) in [5, 5.41) is 20.3. The summed E-state index contributed by atoms with van der Waals surface area (Å²) in [6.07, 6.45) is 13.0. The summed E-state index contributed by atoms with van der Waals surface area (Å²) in [6, 6.07) is 9.51. The van der Waals surface area contributed by atoms with E-state index in [-0.39, 0.29) is 17.0 Å². The molecule has 0 bridgehead atoms. The first kappa shape index (κ1) is 30.9. The summed E-state index contributed by atoms with van der Waals surface area (Å²) < 4.78 is 9.46. The van der Waals surface area contributed by atoms with Crippen LogP contribution >= 0.6 is 0 Å². The predicted molar refractivity (Wildman–Crippen MR) is 183 cm³/mol. The maximum Gasteiger partial charge on any atom is 0.251 e. The van der Waals surface area contributed by atoms with E-state index < -0.39 is 5.97 Å². The molecule has 0 unspecified atom stereocenters. The van der Waals surface area contributed by atoms with Gasteiger partial charge < -0.3 is 30.2 Å². The van der Waals surface area contributed by atoms with Crippen LogP contribution in [0.3, 0.4) is 0 Å². The second-order valence-electron chi connectivity index (χ2n) is 14.9.